The first kappa shape index (κ1) is 25.8. The van der Waals surface area contributed by atoms with E-state index in [0.717, 1.165) is 32.7 Å². The molecule has 0 radical (unpaired) electrons. The molecular weight excluding hydrogens is 470 g/mol. The smallest absolute Gasteiger partial charge is 0.287 e. The van der Waals surface area contributed by atoms with Gasteiger partial charge in [0.05, 0.1) is 43.2 Å². The lowest BCUT2D eigenvalue weighted by atomic mass is 10.3. The van der Waals surface area contributed by atoms with Crippen molar-refractivity contribution in [3.05, 3.63) is 46.0 Å². The van der Waals surface area contributed by atoms with E-state index in [2.05, 4.69) is 20.4 Å². The molecule has 2 amide bonds. The van der Waals surface area contributed by atoms with Crippen molar-refractivity contribution < 1.29 is 24.0 Å². The standard InChI is InChI=1S/C23H33N7O6/c1-26-16-18(14-20(26)22(31)24-2-3-27-6-10-35-11-7-27)25-23(32)21-15-19(30(33)34)17-29(21)5-4-28-8-12-36-13-9-28/h14-17H,2-13H2,1H3,(H,24,31)(H,25,32). The van der Waals surface area contributed by atoms with Crippen LogP contribution in [0.25, 0.3) is 0 Å². The Labute approximate surface area is 209 Å². The quantitative estimate of drug-likeness (QED) is 0.351. The van der Waals surface area contributed by atoms with E-state index in [4.69, 9.17) is 9.47 Å². The summed E-state index contributed by atoms with van der Waals surface area (Å²) in [5.74, 6) is -0.717. The van der Waals surface area contributed by atoms with Crippen molar-refractivity contribution in [2.24, 2.45) is 7.05 Å². The van der Waals surface area contributed by atoms with Crippen molar-refractivity contribution in [1.29, 1.82) is 0 Å². The highest BCUT2D eigenvalue weighted by Gasteiger charge is 2.22. The Bertz CT molecular complexity index is 1070. The molecule has 0 saturated carbocycles. The van der Waals surface area contributed by atoms with E-state index in [1.807, 2.05) is 0 Å². The molecule has 2 aromatic rings. The fourth-order valence-corrected chi connectivity index (χ4v) is 4.34. The molecular formula is C23H33N7O6. The highest BCUT2D eigenvalue weighted by molar-refractivity contribution is 6.04. The van der Waals surface area contributed by atoms with Gasteiger partial charge in [-0.1, -0.05) is 0 Å². The van der Waals surface area contributed by atoms with Gasteiger partial charge in [-0.2, -0.15) is 0 Å². The number of nitrogens with one attached hydrogen (secondary N) is 2. The average Bonchev–Trinajstić information content (AvgIpc) is 3.47. The number of amides is 2. The van der Waals surface area contributed by atoms with Crippen molar-refractivity contribution in [1.82, 2.24) is 24.3 Å². The Morgan fingerprint density at radius 1 is 0.917 bits per heavy atom. The second-order valence-corrected chi connectivity index (χ2v) is 8.88. The summed E-state index contributed by atoms with van der Waals surface area (Å²) in [5, 5.41) is 17.0. The van der Waals surface area contributed by atoms with E-state index >= 15 is 0 Å². The van der Waals surface area contributed by atoms with Gasteiger partial charge in [0, 0.05) is 71.7 Å². The van der Waals surface area contributed by atoms with Gasteiger partial charge in [-0.3, -0.25) is 29.5 Å². The Balaban J connectivity index is 1.37. The predicted octanol–water partition coefficient (Wildman–Crippen LogP) is 0.381. The van der Waals surface area contributed by atoms with Crippen LogP contribution in [-0.2, 0) is 23.1 Å². The van der Waals surface area contributed by atoms with E-state index in [9.17, 15) is 19.7 Å². The minimum atomic E-state index is -0.510. The summed E-state index contributed by atoms with van der Waals surface area (Å²) < 4.78 is 13.9. The number of aromatic nitrogens is 2. The summed E-state index contributed by atoms with van der Waals surface area (Å²) in [5.41, 5.74) is 0.885. The van der Waals surface area contributed by atoms with Crippen LogP contribution in [0.15, 0.2) is 24.5 Å². The molecule has 13 nitrogen and oxygen atoms in total. The Morgan fingerprint density at radius 3 is 2.19 bits per heavy atom. The highest BCUT2D eigenvalue weighted by atomic mass is 16.6. The number of nitro groups is 1. The van der Waals surface area contributed by atoms with Gasteiger partial charge < -0.3 is 29.2 Å². The van der Waals surface area contributed by atoms with Crippen LogP contribution in [0, 0.1) is 10.1 Å². The number of carbonyl (C=O) groups is 2. The first-order valence-electron chi connectivity index (χ1n) is 12.1. The number of hydrogen-bond donors (Lipinski definition) is 2. The lowest BCUT2D eigenvalue weighted by molar-refractivity contribution is -0.384. The van der Waals surface area contributed by atoms with E-state index in [-0.39, 0.29) is 17.3 Å². The number of anilines is 1. The summed E-state index contributed by atoms with van der Waals surface area (Å²) in [6.07, 6.45) is 3.03. The van der Waals surface area contributed by atoms with Gasteiger partial charge in [0.15, 0.2) is 0 Å². The van der Waals surface area contributed by atoms with Crippen LogP contribution in [0.5, 0.6) is 0 Å². The average molecular weight is 504 g/mol. The Kier molecular flexibility index (Phi) is 8.70. The van der Waals surface area contributed by atoms with Crippen molar-refractivity contribution in [2.75, 3.05) is 77.6 Å². The molecule has 4 heterocycles. The second-order valence-electron chi connectivity index (χ2n) is 8.88. The summed E-state index contributed by atoms with van der Waals surface area (Å²) >= 11 is 0. The van der Waals surface area contributed by atoms with Crippen LogP contribution < -0.4 is 10.6 Å². The van der Waals surface area contributed by atoms with Gasteiger partial charge >= 0.3 is 0 Å². The minimum absolute atomic E-state index is 0.143. The number of morpholine rings is 2. The summed E-state index contributed by atoms with van der Waals surface area (Å²) in [7, 11) is 1.72. The highest BCUT2D eigenvalue weighted by Crippen LogP contribution is 2.20. The minimum Gasteiger partial charge on any atom is -0.379 e. The molecule has 2 aliphatic rings. The van der Waals surface area contributed by atoms with Crippen molar-refractivity contribution in [3.63, 3.8) is 0 Å². The van der Waals surface area contributed by atoms with E-state index < -0.39 is 10.8 Å². The van der Waals surface area contributed by atoms with Crippen LogP contribution >= 0.6 is 0 Å². The lowest BCUT2D eigenvalue weighted by Crippen LogP contribution is -2.41. The van der Waals surface area contributed by atoms with E-state index in [1.165, 1.54) is 12.3 Å². The number of aryl methyl sites for hydroxylation is 1. The molecule has 4 rings (SSSR count). The monoisotopic (exact) mass is 503 g/mol. The van der Waals surface area contributed by atoms with Crippen molar-refractivity contribution in [2.45, 2.75) is 6.54 Å². The molecule has 0 spiro atoms. The molecule has 0 bridgehead atoms. The molecule has 36 heavy (non-hydrogen) atoms. The summed E-state index contributed by atoms with van der Waals surface area (Å²) in [4.78, 5) is 41.0. The number of carbonyl (C=O) groups excluding carboxylic acids is 2. The summed E-state index contributed by atoms with van der Waals surface area (Å²) in [6, 6.07) is 2.87. The fourth-order valence-electron chi connectivity index (χ4n) is 4.34. The van der Waals surface area contributed by atoms with Crippen molar-refractivity contribution in [3.8, 4) is 0 Å². The van der Waals surface area contributed by atoms with Crippen LogP contribution in [0.2, 0.25) is 0 Å². The maximum atomic E-state index is 13.0. The predicted molar refractivity (Wildman–Crippen MR) is 131 cm³/mol. The maximum Gasteiger partial charge on any atom is 0.287 e. The zero-order chi connectivity index (χ0) is 25.5. The molecule has 13 heteroatoms. The van der Waals surface area contributed by atoms with Gasteiger partial charge in [0.2, 0.25) is 0 Å². The van der Waals surface area contributed by atoms with Crippen LogP contribution in [-0.4, -0.2) is 108 Å². The second kappa shape index (κ2) is 12.1. The third kappa shape index (κ3) is 6.69. The topological polar surface area (TPSA) is 136 Å². The van der Waals surface area contributed by atoms with Gasteiger partial charge in [-0.15, -0.1) is 0 Å². The normalized spacial score (nSPS) is 17.1. The number of hydrogen-bond acceptors (Lipinski definition) is 8. The lowest BCUT2D eigenvalue weighted by Gasteiger charge is -2.26. The van der Waals surface area contributed by atoms with Gasteiger partial charge in [0.25, 0.3) is 17.5 Å². The Morgan fingerprint density at radius 2 is 1.56 bits per heavy atom. The van der Waals surface area contributed by atoms with Crippen LogP contribution in [0.3, 0.4) is 0 Å². The van der Waals surface area contributed by atoms with E-state index in [1.54, 1.807) is 28.4 Å². The van der Waals surface area contributed by atoms with Crippen LogP contribution in [0.4, 0.5) is 11.4 Å². The fraction of sp³-hybridized carbons (Fsp3) is 0.565. The molecule has 0 unspecified atom stereocenters. The molecule has 2 fully saturated rings. The molecule has 0 atom stereocenters. The SMILES string of the molecule is Cn1cc(NC(=O)c2cc([N+](=O)[O-])cn2CCN2CCOCC2)cc1C(=O)NCCN1CCOCC1. The van der Waals surface area contributed by atoms with E-state index in [0.29, 0.717) is 57.4 Å². The maximum absolute atomic E-state index is 13.0. The molecule has 0 aliphatic carbocycles. The first-order valence-corrected chi connectivity index (χ1v) is 12.1. The zero-order valence-corrected chi connectivity index (χ0v) is 20.5. The zero-order valence-electron chi connectivity index (χ0n) is 20.5. The third-order valence-corrected chi connectivity index (χ3v) is 6.40. The van der Waals surface area contributed by atoms with Gasteiger partial charge in [0.1, 0.15) is 11.4 Å². The first-order chi connectivity index (χ1) is 17.4. The Hall–Kier alpha value is -3.26. The van der Waals surface area contributed by atoms with Gasteiger partial charge in [-0.05, 0) is 6.07 Å². The number of rotatable bonds is 10. The van der Waals surface area contributed by atoms with Gasteiger partial charge in [-0.25, -0.2) is 0 Å². The molecule has 2 aliphatic heterocycles. The largest absolute Gasteiger partial charge is 0.379 e. The third-order valence-electron chi connectivity index (χ3n) is 6.40. The van der Waals surface area contributed by atoms with Crippen molar-refractivity contribution >= 4 is 23.2 Å². The molecule has 0 aromatic carbocycles. The molecule has 196 valence electrons. The molecule has 2 saturated heterocycles. The number of nitrogens with zero attached hydrogens (tertiary/aromatic N) is 5. The summed E-state index contributed by atoms with van der Waals surface area (Å²) in [6.45, 7) is 8.30. The molecule has 2 aromatic heterocycles. The number of ether oxygens (including phenoxy) is 2. The molecule has 2 N–H and O–H groups in total. The van der Waals surface area contributed by atoms with Crippen LogP contribution in [0.1, 0.15) is 21.0 Å².